The van der Waals surface area contributed by atoms with Crippen molar-refractivity contribution in [2.75, 3.05) is 33.9 Å². The predicted molar refractivity (Wildman–Crippen MR) is 118 cm³/mol. The minimum atomic E-state index is -3.97. The summed E-state index contributed by atoms with van der Waals surface area (Å²) < 4.78 is 65.8. The molecule has 1 unspecified atom stereocenters. The van der Waals surface area contributed by atoms with Crippen molar-refractivity contribution in [1.29, 1.82) is 0 Å². The quantitative estimate of drug-likeness (QED) is 0.594. The fraction of sp³-hybridized carbons (Fsp3) is 0.368. The minimum absolute atomic E-state index is 0.0372. The molecule has 0 spiro atoms. The first-order valence-corrected chi connectivity index (χ1v) is 12.8. The van der Waals surface area contributed by atoms with Crippen LogP contribution in [0.5, 0.6) is 11.5 Å². The molecule has 0 amide bonds. The van der Waals surface area contributed by atoms with E-state index in [1.165, 1.54) is 59.2 Å². The van der Waals surface area contributed by atoms with Crippen molar-refractivity contribution in [1.82, 2.24) is 8.61 Å². The SMILES string of the molecule is COc1ccc(Cl)cc1S(=O)(=O)N1CCN(S(=O)(=O)c2cc(Cl)ccc2OC)C(C)C1. The van der Waals surface area contributed by atoms with Crippen LogP contribution in [-0.4, -0.2) is 65.3 Å². The van der Waals surface area contributed by atoms with Crippen LogP contribution in [0.15, 0.2) is 46.2 Å². The number of hydrogen-bond donors (Lipinski definition) is 0. The number of sulfonamides is 2. The molecule has 1 aliphatic rings. The van der Waals surface area contributed by atoms with Crippen LogP contribution in [0.1, 0.15) is 6.92 Å². The van der Waals surface area contributed by atoms with Gasteiger partial charge in [-0.3, -0.25) is 0 Å². The Morgan fingerprint density at radius 3 is 1.77 bits per heavy atom. The molecule has 1 saturated heterocycles. The van der Waals surface area contributed by atoms with Crippen LogP contribution in [0.4, 0.5) is 0 Å². The summed E-state index contributed by atoms with van der Waals surface area (Å²) in [6.45, 7) is 1.53. The number of nitrogens with zero attached hydrogens (tertiary/aromatic N) is 2. The van der Waals surface area contributed by atoms with Crippen molar-refractivity contribution in [2.24, 2.45) is 0 Å². The normalized spacial score (nSPS) is 18.7. The summed E-state index contributed by atoms with van der Waals surface area (Å²) in [5.74, 6) is 0.325. The Balaban J connectivity index is 1.91. The van der Waals surface area contributed by atoms with Crippen molar-refractivity contribution < 1.29 is 26.3 Å². The van der Waals surface area contributed by atoms with Gasteiger partial charge in [-0.1, -0.05) is 23.2 Å². The smallest absolute Gasteiger partial charge is 0.247 e. The third-order valence-corrected chi connectivity index (χ3v) is 9.38. The van der Waals surface area contributed by atoms with E-state index in [1.807, 2.05) is 0 Å². The second kappa shape index (κ2) is 9.13. The Morgan fingerprint density at radius 2 is 1.32 bits per heavy atom. The van der Waals surface area contributed by atoms with Crippen molar-refractivity contribution in [3.8, 4) is 11.5 Å². The summed E-state index contributed by atoms with van der Waals surface area (Å²) in [6, 6.07) is 8.03. The molecule has 3 rings (SSSR count). The lowest BCUT2D eigenvalue weighted by atomic mass is 10.3. The van der Waals surface area contributed by atoms with E-state index >= 15 is 0 Å². The molecule has 0 aromatic heterocycles. The number of piperazine rings is 1. The Hall–Kier alpha value is -1.56. The summed E-state index contributed by atoms with van der Waals surface area (Å²) in [5.41, 5.74) is 0. The maximum Gasteiger partial charge on any atom is 0.247 e. The molecule has 8 nitrogen and oxygen atoms in total. The Kier molecular flexibility index (Phi) is 7.09. The minimum Gasteiger partial charge on any atom is -0.495 e. The highest BCUT2D eigenvalue weighted by Crippen LogP contribution is 2.34. The molecule has 1 aliphatic heterocycles. The van der Waals surface area contributed by atoms with Gasteiger partial charge in [0, 0.05) is 35.7 Å². The van der Waals surface area contributed by atoms with Crippen molar-refractivity contribution in [3.63, 3.8) is 0 Å². The van der Waals surface area contributed by atoms with Crippen molar-refractivity contribution in [2.45, 2.75) is 22.8 Å². The number of ether oxygens (including phenoxy) is 2. The molecule has 1 atom stereocenters. The molecule has 2 aromatic rings. The standard InChI is InChI=1S/C19H22Cl2N2O6S2/c1-13-12-22(30(24,25)18-10-14(20)4-6-16(18)28-2)8-9-23(13)31(26,27)19-11-15(21)5-7-17(19)29-3/h4-7,10-11,13H,8-9,12H2,1-3H3. The zero-order valence-corrected chi connectivity index (χ0v) is 20.2. The van der Waals surface area contributed by atoms with Crippen LogP contribution >= 0.6 is 23.2 Å². The molecule has 12 heteroatoms. The van der Waals surface area contributed by atoms with Gasteiger partial charge < -0.3 is 9.47 Å². The summed E-state index contributed by atoms with van der Waals surface area (Å²) in [4.78, 5) is -0.135. The zero-order valence-electron chi connectivity index (χ0n) is 17.1. The van der Waals surface area contributed by atoms with Gasteiger partial charge in [0.25, 0.3) is 0 Å². The second-order valence-electron chi connectivity index (χ2n) is 6.92. The third-order valence-electron chi connectivity index (χ3n) is 4.99. The number of halogens is 2. The number of hydrogen-bond acceptors (Lipinski definition) is 6. The maximum absolute atomic E-state index is 13.3. The van der Waals surface area contributed by atoms with Crippen LogP contribution in [0, 0.1) is 0 Å². The van der Waals surface area contributed by atoms with Crippen LogP contribution in [0.2, 0.25) is 10.0 Å². The van der Waals surface area contributed by atoms with Gasteiger partial charge in [0.15, 0.2) is 0 Å². The van der Waals surface area contributed by atoms with Gasteiger partial charge in [-0.15, -0.1) is 0 Å². The highest BCUT2D eigenvalue weighted by Gasteiger charge is 2.40. The Bertz CT molecular complexity index is 1190. The molecule has 31 heavy (non-hydrogen) atoms. The molecule has 0 N–H and O–H groups in total. The van der Waals surface area contributed by atoms with Gasteiger partial charge >= 0.3 is 0 Å². The van der Waals surface area contributed by atoms with E-state index in [4.69, 9.17) is 32.7 Å². The van der Waals surface area contributed by atoms with E-state index in [2.05, 4.69) is 0 Å². The van der Waals surface area contributed by atoms with Gasteiger partial charge in [-0.2, -0.15) is 8.61 Å². The van der Waals surface area contributed by atoms with E-state index < -0.39 is 26.1 Å². The van der Waals surface area contributed by atoms with E-state index in [9.17, 15) is 16.8 Å². The largest absolute Gasteiger partial charge is 0.495 e. The monoisotopic (exact) mass is 508 g/mol. The lowest BCUT2D eigenvalue weighted by Gasteiger charge is -2.38. The lowest BCUT2D eigenvalue weighted by Crippen LogP contribution is -2.55. The fourth-order valence-electron chi connectivity index (χ4n) is 3.45. The molecule has 0 aliphatic carbocycles. The molecular formula is C19H22Cl2N2O6S2. The van der Waals surface area contributed by atoms with Gasteiger partial charge in [-0.05, 0) is 43.3 Å². The summed E-state index contributed by atoms with van der Waals surface area (Å²) in [7, 11) is -5.19. The van der Waals surface area contributed by atoms with Crippen molar-refractivity contribution >= 4 is 43.2 Å². The van der Waals surface area contributed by atoms with Gasteiger partial charge in [0.2, 0.25) is 20.0 Å². The van der Waals surface area contributed by atoms with Crippen LogP contribution in [-0.2, 0) is 20.0 Å². The molecule has 170 valence electrons. The molecule has 0 bridgehead atoms. The van der Waals surface area contributed by atoms with E-state index in [0.717, 1.165) is 0 Å². The fourth-order valence-corrected chi connectivity index (χ4v) is 7.42. The first kappa shape index (κ1) is 24.1. The Morgan fingerprint density at radius 1 is 0.839 bits per heavy atom. The summed E-state index contributed by atoms with van der Waals surface area (Å²) in [6.07, 6.45) is 0. The van der Waals surface area contributed by atoms with Gasteiger partial charge in [0.05, 0.1) is 14.2 Å². The number of methoxy groups -OCH3 is 2. The van der Waals surface area contributed by atoms with Crippen LogP contribution in [0.3, 0.4) is 0 Å². The zero-order chi connectivity index (χ0) is 23.0. The first-order valence-electron chi connectivity index (χ1n) is 9.21. The van der Waals surface area contributed by atoms with Crippen LogP contribution in [0.25, 0.3) is 0 Å². The highest BCUT2D eigenvalue weighted by molar-refractivity contribution is 7.89. The molecule has 0 saturated carbocycles. The maximum atomic E-state index is 13.3. The van der Waals surface area contributed by atoms with E-state index in [-0.39, 0.29) is 51.0 Å². The summed E-state index contributed by atoms with van der Waals surface area (Å²) >= 11 is 12.0. The first-order chi connectivity index (χ1) is 14.5. The second-order valence-corrected chi connectivity index (χ2v) is 11.6. The molecular weight excluding hydrogens is 487 g/mol. The Labute approximate surface area is 192 Å². The van der Waals surface area contributed by atoms with Crippen molar-refractivity contribution in [3.05, 3.63) is 46.4 Å². The molecule has 1 heterocycles. The number of rotatable bonds is 6. The molecule has 1 fully saturated rings. The lowest BCUT2D eigenvalue weighted by molar-refractivity contribution is 0.212. The summed E-state index contributed by atoms with van der Waals surface area (Å²) in [5, 5.41) is 0.503. The predicted octanol–water partition coefficient (Wildman–Crippen LogP) is 3.09. The third kappa shape index (κ3) is 4.64. The average Bonchev–Trinajstić information content (AvgIpc) is 2.73. The number of benzene rings is 2. The highest BCUT2D eigenvalue weighted by atomic mass is 35.5. The topological polar surface area (TPSA) is 93.2 Å². The average molecular weight is 509 g/mol. The van der Waals surface area contributed by atoms with E-state index in [1.54, 1.807) is 6.92 Å². The van der Waals surface area contributed by atoms with Crippen LogP contribution < -0.4 is 9.47 Å². The van der Waals surface area contributed by atoms with Gasteiger partial charge in [-0.25, -0.2) is 16.8 Å². The molecule has 2 aromatic carbocycles. The van der Waals surface area contributed by atoms with E-state index in [0.29, 0.717) is 0 Å². The molecule has 0 radical (unpaired) electrons. The van der Waals surface area contributed by atoms with Gasteiger partial charge in [0.1, 0.15) is 21.3 Å².